The van der Waals surface area contributed by atoms with Gasteiger partial charge in [-0.15, -0.1) is 0 Å². The van der Waals surface area contributed by atoms with Crippen molar-refractivity contribution in [2.24, 2.45) is 22.8 Å². The third-order valence-electron chi connectivity index (χ3n) is 10.1. The third kappa shape index (κ3) is 6.69. The van der Waals surface area contributed by atoms with Crippen molar-refractivity contribution in [3.8, 4) is 5.69 Å². The molecule has 1 atom stereocenters. The smallest absolute Gasteiger partial charge is 0.338 e. The molecule has 3 aliphatic carbocycles. The average Bonchev–Trinajstić information content (AvgIpc) is 3.77. The van der Waals surface area contributed by atoms with Crippen molar-refractivity contribution in [3.05, 3.63) is 52.6 Å². The molecule has 11 heteroatoms. The molecule has 1 unspecified atom stereocenters. The van der Waals surface area contributed by atoms with Crippen molar-refractivity contribution >= 4 is 17.8 Å². The van der Waals surface area contributed by atoms with Crippen LogP contribution in [-0.4, -0.2) is 92.6 Å². The third-order valence-corrected chi connectivity index (χ3v) is 10.1. The molecule has 1 aromatic heterocycles. The molecule has 2 heterocycles. The fourth-order valence-electron chi connectivity index (χ4n) is 7.48. The van der Waals surface area contributed by atoms with Crippen molar-refractivity contribution < 1.29 is 9.59 Å². The van der Waals surface area contributed by atoms with Crippen molar-refractivity contribution in [1.29, 1.82) is 0 Å². The van der Waals surface area contributed by atoms with Gasteiger partial charge < -0.3 is 21.3 Å². The highest BCUT2D eigenvalue weighted by molar-refractivity contribution is 5.89. The maximum absolute atomic E-state index is 12.9. The van der Waals surface area contributed by atoms with Gasteiger partial charge in [-0.25, -0.2) is 9.59 Å². The van der Waals surface area contributed by atoms with Crippen LogP contribution in [0.2, 0.25) is 0 Å². The molecule has 4 aliphatic rings. The lowest BCUT2D eigenvalue weighted by Crippen LogP contribution is -2.61. The summed E-state index contributed by atoms with van der Waals surface area (Å²) in [6.45, 7) is 8.49. The van der Waals surface area contributed by atoms with Crippen LogP contribution in [0.25, 0.3) is 5.69 Å². The quantitative estimate of drug-likeness (QED) is 0.399. The number of carbonyl (C=O) groups excluding carboxylic acids is 2. The molecule has 1 aliphatic heterocycles. The minimum absolute atomic E-state index is 0.137. The first-order valence-electron chi connectivity index (χ1n) is 16.2. The highest BCUT2D eigenvalue weighted by Gasteiger charge is 2.54. The highest BCUT2D eigenvalue weighted by Crippen LogP contribution is 2.57. The first-order chi connectivity index (χ1) is 20.9. The molecule has 6 rings (SSSR count). The number of piperazine rings is 1. The van der Waals surface area contributed by atoms with Gasteiger partial charge in [-0.1, -0.05) is 12.1 Å². The van der Waals surface area contributed by atoms with Crippen LogP contribution in [0.5, 0.6) is 0 Å². The van der Waals surface area contributed by atoms with E-state index in [1.54, 1.807) is 35.9 Å². The Labute approximate surface area is 260 Å². The number of urea groups is 1. The first kappa shape index (κ1) is 30.7. The second-order valence-electron chi connectivity index (χ2n) is 14.5. The standard InChI is InChI=1S/C33H48N8O3/c1-22(41(21-24-4-5-24)27-19-33(20-27)17-25(34)18-33)16-23-6-8-26(9-7-23)40-11-10-28(37-31(40)44)36-30(43)39-14-12-38(13-15-39)29(42)32(2,3)35/h6-11,22,24-25,27H,4-5,12-21,34-35H2,1-3H3,(H,36,37,43,44). The molecule has 0 radical (unpaired) electrons. The van der Waals surface area contributed by atoms with E-state index in [1.807, 2.05) is 12.1 Å². The van der Waals surface area contributed by atoms with E-state index < -0.39 is 11.2 Å². The molecular formula is C33H48N8O3. The Hall–Kier alpha value is -3.28. The summed E-state index contributed by atoms with van der Waals surface area (Å²) >= 11 is 0. The monoisotopic (exact) mass is 604 g/mol. The number of nitrogens with two attached hydrogens (primary N) is 2. The van der Waals surface area contributed by atoms with Gasteiger partial charge >= 0.3 is 11.7 Å². The number of aromatic nitrogens is 2. The fraction of sp³-hybridized carbons (Fsp3) is 0.636. The van der Waals surface area contributed by atoms with E-state index in [9.17, 15) is 14.4 Å². The maximum Gasteiger partial charge on any atom is 0.354 e. The number of amides is 3. The zero-order chi connectivity index (χ0) is 31.2. The van der Waals surface area contributed by atoms with Crippen molar-refractivity contribution in [2.75, 3.05) is 38.0 Å². The lowest BCUT2D eigenvalue weighted by molar-refractivity contribution is -0.137. The van der Waals surface area contributed by atoms with Crippen LogP contribution in [0.15, 0.2) is 41.3 Å². The molecule has 1 saturated heterocycles. The molecule has 238 valence electrons. The van der Waals surface area contributed by atoms with Gasteiger partial charge in [0.2, 0.25) is 5.91 Å². The van der Waals surface area contributed by atoms with Crippen molar-refractivity contribution in [3.63, 3.8) is 0 Å². The van der Waals surface area contributed by atoms with E-state index >= 15 is 0 Å². The number of hydrogen-bond acceptors (Lipinski definition) is 7. The summed E-state index contributed by atoms with van der Waals surface area (Å²) < 4.78 is 1.48. The summed E-state index contributed by atoms with van der Waals surface area (Å²) in [5, 5.41) is 2.72. The fourth-order valence-corrected chi connectivity index (χ4v) is 7.48. The van der Waals surface area contributed by atoms with Crippen LogP contribution < -0.4 is 22.5 Å². The Balaban J connectivity index is 1.02. The predicted octanol–water partition coefficient (Wildman–Crippen LogP) is 2.56. The molecule has 3 saturated carbocycles. The van der Waals surface area contributed by atoms with Gasteiger partial charge in [-0.2, -0.15) is 4.98 Å². The van der Waals surface area contributed by atoms with E-state index in [0.29, 0.717) is 49.7 Å². The lowest BCUT2D eigenvalue weighted by atomic mass is 9.52. The molecular weight excluding hydrogens is 556 g/mol. The summed E-state index contributed by atoms with van der Waals surface area (Å²) in [6, 6.07) is 11.0. The molecule has 0 bridgehead atoms. The van der Waals surface area contributed by atoms with E-state index in [0.717, 1.165) is 18.0 Å². The largest absolute Gasteiger partial charge is 0.354 e. The second kappa shape index (κ2) is 11.9. The second-order valence-corrected chi connectivity index (χ2v) is 14.5. The zero-order valence-corrected chi connectivity index (χ0v) is 26.4. The van der Waals surface area contributed by atoms with E-state index in [1.165, 1.54) is 55.2 Å². The van der Waals surface area contributed by atoms with Crippen LogP contribution in [0.3, 0.4) is 0 Å². The van der Waals surface area contributed by atoms with Crippen LogP contribution in [0, 0.1) is 11.3 Å². The Morgan fingerprint density at radius 2 is 1.68 bits per heavy atom. The molecule has 4 fully saturated rings. The minimum atomic E-state index is -0.946. The van der Waals surface area contributed by atoms with Gasteiger partial charge in [0.15, 0.2) is 0 Å². The summed E-state index contributed by atoms with van der Waals surface area (Å²) in [6.07, 6.45) is 10.3. The zero-order valence-electron chi connectivity index (χ0n) is 26.4. The minimum Gasteiger partial charge on any atom is -0.338 e. The first-order valence-corrected chi connectivity index (χ1v) is 16.2. The molecule has 3 amide bonds. The normalized spacial score (nSPS) is 25.9. The number of nitrogens with one attached hydrogen (secondary N) is 1. The molecule has 5 N–H and O–H groups in total. The number of benzene rings is 1. The molecule has 11 nitrogen and oxygen atoms in total. The Bertz CT molecular complexity index is 1410. The van der Waals surface area contributed by atoms with Gasteiger partial charge in [-0.05, 0) is 101 Å². The average molecular weight is 605 g/mol. The Kier molecular flexibility index (Phi) is 8.32. The highest BCUT2D eigenvalue weighted by atomic mass is 16.2. The van der Waals surface area contributed by atoms with Gasteiger partial charge in [0.25, 0.3) is 0 Å². The van der Waals surface area contributed by atoms with Crippen molar-refractivity contribution in [2.45, 2.75) is 89.4 Å². The number of hydrogen-bond donors (Lipinski definition) is 3. The summed E-state index contributed by atoms with van der Waals surface area (Å²) in [5.41, 5.74) is 13.2. The summed E-state index contributed by atoms with van der Waals surface area (Å²) in [5.74, 6) is 0.917. The maximum atomic E-state index is 12.9. The molecule has 1 aromatic carbocycles. The molecule has 44 heavy (non-hydrogen) atoms. The number of nitrogens with zero attached hydrogens (tertiary/aromatic N) is 5. The Morgan fingerprint density at radius 3 is 2.25 bits per heavy atom. The van der Waals surface area contributed by atoms with Gasteiger partial charge in [0, 0.05) is 57.0 Å². The number of carbonyl (C=O) groups is 2. The number of anilines is 1. The summed E-state index contributed by atoms with van der Waals surface area (Å²) in [4.78, 5) is 48.3. The van der Waals surface area contributed by atoms with E-state index in [-0.39, 0.29) is 17.8 Å². The topological polar surface area (TPSA) is 143 Å². The van der Waals surface area contributed by atoms with Crippen LogP contribution in [-0.2, 0) is 11.2 Å². The number of rotatable bonds is 9. The SMILES string of the molecule is CC(Cc1ccc(-n2ccc(NC(=O)N3CCN(C(=O)C(C)(C)N)CC3)nc2=O)cc1)N(CC1CC1)C1CC2(CC(N)C2)C1. The molecule has 1 spiro atoms. The van der Waals surface area contributed by atoms with E-state index in [2.05, 4.69) is 34.3 Å². The Morgan fingerprint density at radius 1 is 1.05 bits per heavy atom. The van der Waals surface area contributed by atoms with Crippen LogP contribution in [0.1, 0.15) is 64.9 Å². The molecule has 2 aromatic rings. The van der Waals surface area contributed by atoms with Gasteiger partial charge in [0.05, 0.1) is 11.2 Å². The van der Waals surface area contributed by atoms with Crippen molar-refractivity contribution in [1.82, 2.24) is 24.3 Å². The lowest BCUT2D eigenvalue weighted by Gasteiger charge is -2.60. The van der Waals surface area contributed by atoms with Gasteiger partial charge in [0.1, 0.15) is 5.82 Å². The van der Waals surface area contributed by atoms with E-state index in [4.69, 9.17) is 11.5 Å². The van der Waals surface area contributed by atoms with Gasteiger partial charge in [-0.3, -0.25) is 19.6 Å². The van der Waals surface area contributed by atoms with Crippen LogP contribution >= 0.6 is 0 Å². The van der Waals surface area contributed by atoms with Crippen LogP contribution in [0.4, 0.5) is 10.6 Å². The summed E-state index contributed by atoms with van der Waals surface area (Å²) in [7, 11) is 0. The predicted molar refractivity (Wildman–Crippen MR) is 171 cm³/mol.